The molecule has 94 valence electrons. The molecule has 1 aromatic carbocycles. The molecule has 0 atom stereocenters. The quantitative estimate of drug-likeness (QED) is 0.897. The van der Waals surface area contributed by atoms with Crippen molar-refractivity contribution in [2.75, 3.05) is 14.2 Å². The zero-order valence-corrected chi connectivity index (χ0v) is 10.3. The first-order chi connectivity index (χ1) is 8.76. The number of hydrogen-bond donors (Lipinski definition) is 1. The van der Waals surface area contributed by atoms with Gasteiger partial charge in [0.2, 0.25) is 5.88 Å². The monoisotopic (exact) mass is 247 g/mol. The van der Waals surface area contributed by atoms with Crippen LogP contribution in [0.25, 0.3) is 11.3 Å². The molecular weight excluding hydrogens is 233 g/mol. The zero-order chi connectivity index (χ0) is 13.0. The van der Waals surface area contributed by atoms with E-state index in [1.54, 1.807) is 31.6 Å². The summed E-state index contributed by atoms with van der Waals surface area (Å²) in [7, 11) is 3.31. The lowest BCUT2D eigenvalue weighted by Gasteiger charge is -2.08. The molecule has 0 aliphatic heterocycles. The number of nitrogens with zero attached hydrogens (tertiary/aromatic N) is 2. The van der Waals surface area contributed by atoms with Crippen LogP contribution in [0.4, 0.5) is 4.39 Å². The van der Waals surface area contributed by atoms with Gasteiger partial charge in [0.05, 0.1) is 7.11 Å². The van der Waals surface area contributed by atoms with Crippen LogP contribution in [0.15, 0.2) is 30.6 Å². The fourth-order valence-electron chi connectivity index (χ4n) is 1.72. The summed E-state index contributed by atoms with van der Waals surface area (Å²) in [6.45, 7) is 0.461. The molecule has 0 saturated carbocycles. The van der Waals surface area contributed by atoms with Crippen LogP contribution in [0.5, 0.6) is 5.88 Å². The van der Waals surface area contributed by atoms with E-state index in [1.165, 1.54) is 13.2 Å². The molecule has 2 rings (SSSR count). The Bertz CT molecular complexity index is 546. The second kappa shape index (κ2) is 5.55. The highest BCUT2D eigenvalue weighted by molar-refractivity contribution is 5.64. The summed E-state index contributed by atoms with van der Waals surface area (Å²) in [5.41, 5.74) is 1.98. The third kappa shape index (κ3) is 2.46. The predicted molar refractivity (Wildman–Crippen MR) is 66.7 cm³/mol. The molecule has 0 bridgehead atoms. The molecule has 0 fully saturated rings. The van der Waals surface area contributed by atoms with Gasteiger partial charge in [-0.1, -0.05) is 0 Å². The first-order valence-electron chi connectivity index (χ1n) is 5.54. The maximum absolute atomic E-state index is 13.5. The minimum absolute atomic E-state index is 0.240. The SMILES string of the molecule is CNCc1cc(-c2nccnc2OC)ccc1F. The molecule has 1 aromatic heterocycles. The zero-order valence-electron chi connectivity index (χ0n) is 10.3. The van der Waals surface area contributed by atoms with E-state index < -0.39 is 0 Å². The van der Waals surface area contributed by atoms with E-state index >= 15 is 0 Å². The van der Waals surface area contributed by atoms with Gasteiger partial charge in [-0.25, -0.2) is 14.4 Å². The summed E-state index contributed by atoms with van der Waals surface area (Å²) in [5, 5.41) is 2.92. The van der Waals surface area contributed by atoms with Crippen LogP contribution in [0, 0.1) is 5.82 Å². The van der Waals surface area contributed by atoms with Gasteiger partial charge in [-0.3, -0.25) is 0 Å². The van der Waals surface area contributed by atoms with Crippen LogP contribution in [-0.2, 0) is 6.54 Å². The van der Waals surface area contributed by atoms with Crippen LogP contribution in [0.3, 0.4) is 0 Å². The highest BCUT2D eigenvalue weighted by Gasteiger charge is 2.10. The molecule has 0 spiro atoms. The third-order valence-electron chi connectivity index (χ3n) is 2.54. The average Bonchev–Trinajstić information content (AvgIpc) is 2.41. The van der Waals surface area contributed by atoms with E-state index in [0.29, 0.717) is 23.7 Å². The second-order valence-electron chi connectivity index (χ2n) is 3.75. The molecule has 2 aromatic rings. The predicted octanol–water partition coefficient (Wildman–Crippen LogP) is 2.01. The van der Waals surface area contributed by atoms with Crippen LogP contribution >= 0.6 is 0 Å². The van der Waals surface area contributed by atoms with E-state index in [1.807, 2.05) is 0 Å². The molecule has 4 nitrogen and oxygen atoms in total. The summed E-state index contributed by atoms with van der Waals surface area (Å²) in [6, 6.07) is 4.84. The minimum atomic E-state index is -0.240. The molecule has 5 heteroatoms. The Balaban J connectivity index is 2.47. The molecule has 0 aliphatic rings. The number of benzene rings is 1. The van der Waals surface area contributed by atoms with E-state index in [4.69, 9.17) is 4.74 Å². The van der Waals surface area contributed by atoms with E-state index in [9.17, 15) is 4.39 Å². The molecule has 0 amide bonds. The van der Waals surface area contributed by atoms with Crippen LogP contribution in [-0.4, -0.2) is 24.1 Å². The van der Waals surface area contributed by atoms with E-state index in [0.717, 1.165) is 5.56 Å². The number of nitrogens with one attached hydrogen (secondary N) is 1. The Morgan fingerprint density at radius 1 is 1.28 bits per heavy atom. The summed E-state index contributed by atoms with van der Waals surface area (Å²) < 4.78 is 18.7. The van der Waals surface area contributed by atoms with Crippen molar-refractivity contribution < 1.29 is 9.13 Å². The number of rotatable bonds is 4. The lowest BCUT2D eigenvalue weighted by atomic mass is 10.1. The molecule has 1 heterocycles. The Kier molecular flexibility index (Phi) is 3.84. The Morgan fingerprint density at radius 3 is 2.78 bits per heavy atom. The molecule has 18 heavy (non-hydrogen) atoms. The number of aromatic nitrogens is 2. The van der Waals surface area contributed by atoms with Gasteiger partial charge in [0.1, 0.15) is 11.5 Å². The minimum Gasteiger partial charge on any atom is -0.479 e. The van der Waals surface area contributed by atoms with Gasteiger partial charge in [-0.05, 0) is 25.2 Å². The topological polar surface area (TPSA) is 47.0 Å². The van der Waals surface area contributed by atoms with Gasteiger partial charge >= 0.3 is 0 Å². The molecular formula is C13H14FN3O. The second-order valence-corrected chi connectivity index (χ2v) is 3.75. The smallest absolute Gasteiger partial charge is 0.240 e. The van der Waals surface area contributed by atoms with E-state index in [-0.39, 0.29) is 5.82 Å². The normalized spacial score (nSPS) is 10.4. The van der Waals surface area contributed by atoms with Gasteiger partial charge < -0.3 is 10.1 Å². The van der Waals surface area contributed by atoms with Crippen LogP contribution in [0.1, 0.15) is 5.56 Å². The fourth-order valence-corrected chi connectivity index (χ4v) is 1.72. The Morgan fingerprint density at radius 2 is 2.06 bits per heavy atom. The first kappa shape index (κ1) is 12.4. The van der Waals surface area contributed by atoms with Crippen molar-refractivity contribution in [2.24, 2.45) is 0 Å². The van der Waals surface area contributed by atoms with Crippen molar-refractivity contribution in [3.8, 4) is 17.1 Å². The van der Waals surface area contributed by atoms with Crippen LogP contribution in [0.2, 0.25) is 0 Å². The van der Waals surface area contributed by atoms with E-state index in [2.05, 4.69) is 15.3 Å². The lowest BCUT2D eigenvalue weighted by Crippen LogP contribution is -2.07. The van der Waals surface area contributed by atoms with Crippen molar-refractivity contribution in [1.82, 2.24) is 15.3 Å². The third-order valence-corrected chi connectivity index (χ3v) is 2.54. The number of halogens is 1. The van der Waals surface area contributed by atoms with Gasteiger partial charge in [0.25, 0.3) is 0 Å². The number of ether oxygens (including phenoxy) is 1. The van der Waals surface area contributed by atoms with Crippen LogP contribution < -0.4 is 10.1 Å². The fraction of sp³-hybridized carbons (Fsp3) is 0.231. The summed E-state index contributed by atoms with van der Waals surface area (Å²) in [5.74, 6) is 0.190. The van der Waals surface area contributed by atoms with Gasteiger partial charge in [-0.15, -0.1) is 0 Å². The maximum Gasteiger partial charge on any atom is 0.240 e. The van der Waals surface area contributed by atoms with Crippen molar-refractivity contribution >= 4 is 0 Å². The average molecular weight is 247 g/mol. The van der Waals surface area contributed by atoms with Gasteiger partial charge in [-0.2, -0.15) is 0 Å². The Hall–Kier alpha value is -2.01. The lowest BCUT2D eigenvalue weighted by molar-refractivity contribution is 0.397. The Labute approximate surface area is 105 Å². The highest BCUT2D eigenvalue weighted by atomic mass is 19.1. The largest absolute Gasteiger partial charge is 0.479 e. The number of methoxy groups -OCH3 is 1. The molecule has 1 N–H and O–H groups in total. The molecule has 0 saturated heterocycles. The van der Waals surface area contributed by atoms with Gasteiger partial charge in [0, 0.05) is 30.1 Å². The summed E-state index contributed by atoms with van der Waals surface area (Å²) >= 11 is 0. The summed E-state index contributed by atoms with van der Waals surface area (Å²) in [4.78, 5) is 8.30. The standard InChI is InChI=1S/C13H14FN3O/c1-15-8-10-7-9(3-4-11(10)14)12-13(18-2)17-6-5-16-12/h3-7,15H,8H2,1-2H3. The molecule has 0 unspecified atom stereocenters. The maximum atomic E-state index is 13.5. The van der Waals surface area contributed by atoms with Crippen molar-refractivity contribution in [3.05, 3.63) is 42.0 Å². The molecule has 0 aliphatic carbocycles. The highest BCUT2D eigenvalue weighted by Crippen LogP contribution is 2.26. The van der Waals surface area contributed by atoms with Crippen molar-refractivity contribution in [1.29, 1.82) is 0 Å². The molecule has 0 radical (unpaired) electrons. The first-order valence-corrected chi connectivity index (χ1v) is 5.54. The van der Waals surface area contributed by atoms with Gasteiger partial charge in [0.15, 0.2) is 0 Å². The summed E-state index contributed by atoms with van der Waals surface area (Å²) in [6.07, 6.45) is 3.14. The van der Waals surface area contributed by atoms with Crippen molar-refractivity contribution in [2.45, 2.75) is 6.54 Å². The number of hydrogen-bond acceptors (Lipinski definition) is 4. The van der Waals surface area contributed by atoms with Crippen molar-refractivity contribution in [3.63, 3.8) is 0 Å².